The molecule has 1 aliphatic heterocycles. The fourth-order valence-electron chi connectivity index (χ4n) is 2.48. The standard InChI is InChI=1S/C20H17NO8S/c1-26-17(22)11-28-13-5-3-12(4-6-13)9-16-18(23)21(20(25)30-16)10-14-7-8-15(29-14)19(24)27-2/h3-9H,10-11H2,1-2H3. The number of thioether (sulfide) groups is 1. The Morgan fingerprint density at radius 3 is 2.47 bits per heavy atom. The number of esters is 2. The molecule has 0 atom stereocenters. The SMILES string of the molecule is COC(=O)COc1ccc(C=C2SC(=O)N(Cc3ccc(C(=O)OC)o3)C2=O)cc1. The van der Waals surface area contributed by atoms with E-state index in [4.69, 9.17) is 9.15 Å². The average molecular weight is 431 g/mol. The largest absolute Gasteiger partial charge is 0.482 e. The van der Waals surface area contributed by atoms with E-state index < -0.39 is 23.1 Å². The number of methoxy groups -OCH3 is 2. The van der Waals surface area contributed by atoms with E-state index in [9.17, 15) is 19.2 Å². The Morgan fingerprint density at radius 2 is 1.80 bits per heavy atom. The molecule has 0 radical (unpaired) electrons. The molecule has 1 aromatic carbocycles. The number of benzene rings is 1. The van der Waals surface area contributed by atoms with Gasteiger partial charge in [-0.15, -0.1) is 0 Å². The molecular formula is C20H17NO8S. The first-order valence-electron chi connectivity index (χ1n) is 8.63. The number of hydrogen-bond acceptors (Lipinski definition) is 9. The molecule has 0 bridgehead atoms. The van der Waals surface area contributed by atoms with Crippen molar-refractivity contribution in [3.8, 4) is 5.75 Å². The Kier molecular flexibility index (Phi) is 6.58. The van der Waals surface area contributed by atoms with Crippen LogP contribution in [0.15, 0.2) is 45.7 Å². The lowest BCUT2D eigenvalue weighted by molar-refractivity contribution is -0.142. The van der Waals surface area contributed by atoms with Gasteiger partial charge in [0.1, 0.15) is 11.5 Å². The van der Waals surface area contributed by atoms with Crippen LogP contribution in [0.3, 0.4) is 0 Å². The Hall–Kier alpha value is -3.53. The van der Waals surface area contributed by atoms with Crippen molar-refractivity contribution in [3.05, 3.63) is 58.4 Å². The molecule has 2 amide bonds. The van der Waals surface area contributed by atoms with E-state index in [1.54, 1.807) is 30.3 Å². The van der Waals surface area contributed by atoms with E-state index in [2.05, 4.69) is 9.47 Å². The van der Waals surface area contributed by atoms with Gasteiger partial charge in [0.2, 0.25) is 5.76 Å². The van der Waals surface area contributed by atoms with Crippen LogP contribution in [0.2, 0.25) is 0 Å². The van der Waals surface area contributed by atoms with E-state index in [1.165, 1.54) is 26.4 Å². The van der Waals surface area contributed by atoms with Gasteiger partial charge in [-0.1, -0.05) is 12.1 Å². The highest BCUT2D eigenvalue weighted by Crippen LogP contribution is 2.33. The van der Waals surface area contributed by atoms with Crippen LogP contribution in [0.5, 0.6) is 5.75 Å². The summed E-state index contributed by atoms with van der Waals surface area (Å²) in [6.45, 7) is -0.307. The molecule has 1 saturated heterocycles. The molecule has 30 heavy (non-hydrogen) atoms. The summed E-state index contributed by atoms with van der Waals surface area (Å²) in [6.07, 6.45) is 1.58. The number of nitrogens with zero attached hydrogens (tertiary/aromatic N) is 1. The van der Waals surface area contributed by atoms with Gasteiger partial charge in [-0.3, -0.25) is 14.5 Å². The Morgan fingerprint density at radius 1 is 1.07 bits per heavy atom. The van der Waals surface area contributed by atoms with Crippen LogP contribution in [0.1, 0.15) is 21.9 Å². The van der Waals surface area contributed by atoms with E-state index in [-0.39, 0.29) is 29.6 Å². The monoisotopic (exact) mass is 431 g/mol. The summed E-state index contributed by atoms with van der Waals surface area (Å²) in [7, 11) is 2.50. The third kappa shape index (κ3) is 4.90. The van der Waals surface area contributed by atoms with Crippen LogP contribution in [-0.4, -0.2) is 48.8 Å². The lowest BCUT2D eigenvalue weighted by Gasteiger charge is -2.09. The van der Waals surface area contributed by atoms with Crippen LogP contribution < -0.4 is 4.74 Å². The third-order valence-electron chi connectivity index (χ3n) is 4.00. The highest BCUT2D eigenvalue weighted by Gasteiger charge is 2.35. The molecule has 0 aliphatic carbocycles. The smallest absolute Gasteiger partial charge is 0.373 e. The minimum atomic E-state index is -0.644. The first-order chi connectivity index (χ1) is 14.4. The number of carbonyl (C=O) groups is 4. The van der Waals surface area contributed by atoms with Gasteiger partial charge in [-0.2, -0.15) is 0 Å². The van der Waals surface area contributed by atoms with Gasteiger partial charge < -0.3 is 18.6 Å². The molecule has 2 aromatic rings. The maximum Gasteiger partial charge on any atom is 0.373 e. The van der Waals surface area contributed by atoms with Crippen molar-refractivity contribution in [1.29, 1.82) is 0 Å². The normalized spacial score (nSPS) is 14.9. The second kappa shape index (κ2) is 9.31. The minimum absolute atomic E-state index is 0.00970. The van der Waals surface area contributed by atoms with Gasteiger partial charge in [0.15, 0.2) is 6.61 Å². The van der Waals surface area contributed by atoms with Crippen molar-refractivity contribution in [3.63, 3.8) is 0 Å². The Labute approximate surface area is 175 Å². The third-order valence-corrected chi connectivity index (χ3v) is 4.91. The highest BCUT2D eigenvalue weighted by atomic mass is 32.2. The zero-order valence-corrected chi connectivity index (χ0v) is 16.9. The molecule has 10 heteroatoms. The van der Waals surface area contributed by atoms with Crippen molar-refractivity contribution >= 4 is 40.9 Å². The van der Waals surface area contributed by atoms with E-state index >= 15 is 0 Å². The summed E-state index contributed by atoms with van der Waals surface area (Å²) in [5.74, 6) is -0.871. The molecule has 0 spiro atoms. The van der Waals surface area contributed by atoms with Crippen molar-refractivity contribution < 1.29 is 37.8 Å². The fourth-order valence-corrected chi connectivity index (χ4v) is 3.32. The number of furan rings is 1. The van der Waals surface area contributed by atoms with Gasteiger partial charge in [0, 0.05) is 0 Å². The molecule has 156 valence electrons. The van der Waals surface area contributed by atoms with Crippen LogP contribution in [-0.2, 0) is 25.6 Å². The molecule has 1 fully saturated rings. The minimum Gasteiger partial charge on any atom is -0.482 e. The van der Waals surface area contributed by atoms with Gasteiger partial charge in [0.25, 0.3) is 11.1 Å². The van der Waals surface area contributed by atoms with E-state index in [0.29, 0.717) is 11.3 Å². The maximum absolute atomic E-state index is 12.6. The van der Waals surface area contributed by atoms with Gasteiger partial charge in [0.05, 0.1) is 25.7 Å². The molecule has 0 saturated carbocycles. The topological polar surface area (TPSA) is 112 Å². The van der Waals surface area contributed by atoms with Crippen LogP contribution in [0, 0.1) is 0 Å². The summed E-state index contributed by atoms with van der Waals surface area (Å²) < 4.78 is 19.6. The predicted molar refractivity (Wildman–Crippen MR) is 106 cm³/mol. The molecule has 2 heterocycles. The first kappa shape index (κ1) is 21.2. The van der Waals surface area contributed by atoms with Crippen LogP contribution in [0.25, 0.3) is 6.08 Å². The van der Waals surface area contributed by atoms with Crippen molar-refractivity contribution in [1.82, 2.24) is 4.90 Å². The summed E-state index contributed by atoms with van der Waals surface area (Å²) in [6, 6.07) is 9.57. The van der Waals surface area contributed by atoms with E-state index in [0.717, 1.165) is 16.7 Å². The lowest BCUT2D eigenvalue weighted by atomic mass is 10.2. The molecular weight excluding hydrogens is 414 g/mol. The zero-order chi connectivity index (χ0) is 21.7. The van der Waals surface area contributed by atoms with Crippen LogP contribution >= 0.6 is 11.8 Å². The lowest BCUT2D eigenvalue weighted by Crippen LogP contribution is -2.27. The summed E-state index contributed by atoms with van der Waals surface area (Å²) in [4.78, 5) is 48.7. The van der Waals surface area contributed by atoms with E-state index in [1.807, 2.05) is 0 Å². The number of ether oxygens (including phenoxy) is 3. The Bertz CT molecular complexity index is 1010. The molecule has 0 unspecified atom stereocenters. The number of imide groups is 1. The summed E-state index contributed by atoms with van der Waals surface area (Å²) >= 11 is 0.808. The quantitative estimate of drug-likeness (QED) is 0.482. The zero-order valence-electron chi connectivity index (χ0n) is 16.1. The predicted octanol–water partition coefficient (Wildman–Crippen LogP) is 2.85. The molecule has 9 nitrogen and oxygen atoms in total. The average Bonchev–Trinajstić information content (AvgIpc) is 3.33. The number of hydrogen-bond donors (Lipinski definition) is 0. The Balaban J connectivity index is 1.66. The fraction of sp³-hybridized carbons (Fsp3) is 0.200. The molecule has 1 aliphatic rings. The molecule has 0 N–H and O–H groups in total. The second-order valence-electron chi connectivity index (χ2n) is 5.96. The van der Waals surface area contributed by atoms with Crippen molar-refractivity contribution in [2.45, 2.75) is 6.54 Å². The maximum atomic E-state index is 12.6. The van der Waals surface area contributed by atoms with Crippen molar-refractivity contribution in [2.24, 2.45) is 0 Å². The number of amides is 2. The van der Waals surface area contributed by atoms with Gasteiger partial charge >= 0.3 is 11.9 Å². The molecule has 1 aromatic heterocycles. The highest BCUT2D eigenvalue weighted by molar-refractivity contribution is 8.18. The van der Waals surface area contributed by atoms with Crippen molar-refractivity contribution in [2.75, 3.05) is 20.8 Å². The van der Waals surface area contributed by atoms with Crippen LogP contribution in [0.4, 0.5) is 4.79 Å². The first-order valence-corrected chi connectivity index (χ1v) is 9.45. The van der Waals surface area contributed by atoms with Gasteiger partial charge in [-0.25, -0.2) is 9.59 Å². The summed E-state index contributed by atoms with van der Waals surface area (Å²) in [5.41, 5.74) is 0.678. The number of rotatable bonds is 7. The van der Waals surface area contributed by atoms with Gasteiger partial charge in [-0.05, 0) is 47.7 Å². The second-order valence-corrected chi connectivity index (χ2v) is 6.95. The molecule has 3 rings (SSSR count). The summed E-state index contributed by atoms with van der Waals surface area (Å²) in [5, 5.41) is -0.444. The number of carbonyl (C=O) groups excluding carboxylic acids is 4.